The van der Waals surface area contributed by atoms with Gasteiger partial charge in [0.1, 0.15) is 17.2 Å². The minimum Gasteiger partial charge on any atom is -0.480 e. The van der Waals surface area contributed by atoms with Crippen molar-refractivity contribution in [3.63, 3.8) is 0 Å². The summed E-state index contributed by atoms with van der Waals surface area (Å²) in [6, 6.07) is 11.8. The Kier molecular flexibility index (Phi) is 8.61. The van der Waals surface area contributed by atoms with Crippen LogP contribution in [0.5, 0.6) is 11.8 Å². The second kappa shape index (κ2) is 13.0. The average Bonchev–Trinajstić information content (AvgIpc) is 3.68. The molecule has 2 aromatic carbocycles. The molecule has 4 aliphatic rings. The zero-order valence-corrected chi connectivity index (χ0v) is 30.3. The molecule has 1 amide bonds. The average molecular weight is 759 g/mol. The highest BCUT2D eigenvalue weighted by atomic mass is 79.9. The van der Waals surface area contributed by atoms with Gasteiger partial charge in [-0.25, -0.2) is 9.97 Å². The van der Waals surface area contributed by atoms with E-state index in [-0.39, 0.29) is 16.9 Å². The van der Waals surface area contributed by atoms with Crippen molar-refractivity contribution in [2.75, 3.05) is 40.4 Å². The normalized spacial score (nSPS) is 19.4. The van der Waals surface area contributed by atoms with Crippen molar-refractivity contribution in [3.8, 4) is 45.4 Å². The predicted octanol–water partition coefficient (Wildman–Crippen LogP) is 5.72. The smallest absolute Gasteiger partial charge is 0.237 e. The van der Waals surface area contributed by atoms with E-state index in [4.69, 9.17) is 41.0 Å². The van der Waals surface area contributed by atoms with Crippen LogP contribution < -0.4 is 14.8 Å². The first-order valence-corrected chi connectivity index (χ1v) is 18.0. The zero-order chi connectivity index (χ0) is 34.6. The highest BCUT2D eigenvalue weighted by Crippen LogP contribution is 2.45. The van der Waals surface area contributed by atoms with Gasteiger partial charge in [0, 0.05) is 85.1 Å². The highest BCUT2D eigenvalue weighted by molar-refractivity contribution is 9.10. The largest absolute Gasteiger partial charge is 0.480 e. The fourth-order valence-corrected chi connectivity index (χ4v) is 9.12. The van der Waals surface area contributed by atoms with E-state index >= 15 is 0 Å². The maximum Gasteiger partial charge on any atom is 0.237 e. The first kappa shape index (κ1) is 33.2. The summed E-state index contributed by atoms with van der Waals surface area (Å²) < 4.78 is 12.2. The van der Waals surface area contributed by atoms with E-state index in [2.05, 4.69) is 31.0 Å². The molecule has 4 fully saturated rings. The molecule has 2 spiro atoms. The first-order chi connectivity index (χ1) is 24.2. The number of rotatable bonds is 9. The maximum atomic E-state index is 11.9. The van der Waals surface area contributed by atoms with Gasteiger partial charge >= 0.3 is 0 Å². The van der Waals surface area contributed by atoms with Gasteiger partial charge in [0.05, 0.1) is 48.6 Å². The fraction of sp³-hybridized carbons (Fsp3) is 0.405. The summed E-state index contributed by atoms with van der Waals surface area (Å²) >= 11 is 11.0. The number of carbonyl (C=O) groups is 2. The summed E-state index contributed by atoms with van der Waals surface area (Å²) in [5, 5.41) is 3.66. The molecule has 0 unspecified atom stereocenters. The van der Waals surface area contributed by atoms with E-state index in [0.29, 0.717) is 66.3 Å². The van der Waals surface area contributed by atoms with E-state index < -0.39 is 0 Å². The molecule has 3 aliphatic heterocycles. The van der Waals surface area contributed by atoms with Crippen LogP contribution in [0.15, 0.2) is 53.3 Å². The summed E-state index contributed by atoms with van der Waals surface area (Å²) in [5.74, 6) is 1.44. The van der Waals surface area contributed by atoms with E-state index in [0.717, 1.165) is 77.1 Å². The molecule has 11 nitrogen and oxygen atoms in total. The van der Waals surface area contributed by atoms with E-state index in [9.17, 15) is 9.59 Å². The molecule has 0 bridgehead atoms. The molecule has 0 radical (unpaired) electrons. The lowest BCUT2D eigenvalue weighted by Crippen LogP contribution is -2.66. The van der Waals surface area contributed by atoms with Gasteiger partial charge in [-0.1, -0.05) is 48.0 Å². The summed E-state index contributed by atoms with van der Waals surface area (Å²) in [4.78, 5) is 47.3. The van der Waals surface area contributed by atoms with Crippen LogP contribution in [-0.4, -0.2) is 87.4 Å². The Balaban J connectivity index is 1.01. The van der Waals surface area contributed by atoms with Crippen LogP contribution in [0.2, 0.25) is 5.02 Å². The van der Waals surface area contributed by atoms with Gasteiger partial charge in [-0.3, -0.25) is 29.4 Å². The number of aromatic nitrogens is 4. The van der Waals surface area contributed by atoms with Crippen molar-refractivity contribution < 1.29 is 19.1 Å². The van der Waals surface area contributed by atoms with Crippen LogP contribution >= 0.6 is 27.5 Å². The molecular formula is C37H37BrClN7O4. The number of carbonyl (C=O) groups excluding carboxylic acids is 2. The summed E-state index contributed by atoms with van der Waals surface area (Å²) in [6.45, 7) is 4.60. The Morgan fingerprint density at radius 3 is 1.96 bits per heavy atom. The number of hydrogen-bond donors (Lipinski definition) is 1. The molecule has 1 N–H and O–H groups in total. The quantitative estimate of drug-likeness (QED) is 0.227. The van der Waals surface area contributed by atoms with Crippen molar-refractivity contribution in [2.24, 2.45) is 5.41 Å². The van der Waals surface area contributed by atoms with Crippen LogP contribution in [-0.2, 0) is 22.7 Å². The van der Waals surface area contributed by atoms with Gasteiger partial charge in [-0.2, -0.15) is 0 Å². The molecule has 13 heteroatoms. The molecule has 50 heavy (non-hydrogen) atoms. The number of likely N-dealkylation sites (tertiary alicyclic amines) is 2. The van der Waals surface area contributed by atoms with Gasteiger partial charge in [0.2, 0.25) is 17.7 Å². The van der Waals surface area contributed by atoms with Crippen molar-refractivity contribution in [2.45, 2.75) is 50.7 Å². The van der Waals surface area contributed by atoms with Gasteiger partial charge in [-0.15, -0.1) is 0 Å². The molecule has 258 valence electrons. The molecular weight excluding hydrogens is 722 g/mol. The van der Waals surface area contributed by atoms with E-state index in [1.165, 1.54) is 0 Å². The van der Waals surface area contributed by atoms with Gasteiger partial charge in [0.25, 0.3) is 0 Å². The van der Waals surface area contributed by atoms with Crippen LogP contribution in [0.4, 0.5) is 0 Å². The summed E-state index contributed by atoms with van der Waals surface area (Å²) in [5.41, 5.74) is 6.13. The van der Waals surface area contributed by atoms with Crippen molar-refractivity contribution in [1.29, 1.82) is 0 Å². The highest BCUT2D eigenvalue weighted by Gasteiger charge is 2.48. The zero-order valence-electron chi connectivity index (χ0n) is 28.0. The lowest BCUT2D eigenvalue weighted by atomic mass is 9.78. The predicted molar refractivity (Wildman–Crippen MR) is 192 cm³/mol. The Morgan fingerprint density at radius 1 is 0.800 bits per heavy atom. The van der Waals surface area contributed by atoms with Crippen LogP contribution in [0.1, 0.15) is 43.5 Å². The number of methoxy groups -OCH3 is 2. The number of benzene rings is 2. The number of nitrogens with zero attached hydrogens (tertiary/aromatic N) is 6. The minimum atomic E-state index is -0.0966. The van der Waals surface area contributed by atoms with Crippen LogP contribution in [0, 0.1) is 5.41 Å². The Bertz CT molecular complexity index is 1870. The van der Waals surface area contributed by atoms with E-state index in [1.54, 1.807) is 26.6 Å². The standard InChI is InChI=1S/C37H37BrClN7O4/c1-49-34-30(17-46-20-37(21-46)12-10-31(48)44-37)40-14-27(42-34)25-7-3-5-23(32(25)38)24-6-4-8-26(33(24)39)28-15-41-29(35(43-28)50-2)16-45-18-36(19-45)11-9-22(47)13-36/h3-8,14-15H,9-13,16-21H2,1-2H3,(H,44,48). The number of Topliss-reactive ketones (excluding diaryl/α,β-unsaturated/α-hetero) is 1. The van der Waals surface area contributed by atoms with Crippen molar-refractivity contribution >= 4 is 39.2 Å². The molecule has 2 aromatic heterocycles. The number of amides is 1. The molecule has 4 aromatic rings. The molecule has 1 aliphatic carbocycles. The maximum absolute atomic E-state index is 11.9. The first-order valence-electron chi connectivity index (χ1n) is 16.8. The van der Waals surface area contributed by atoms with Crippen LogP contribution in [0.25, 0.3) is 33.6 Å². The number of ketones is 1. The topological polar surface area (TPSA) is 123 Å². The van der Waals surface area contributed by atoms with Crippen molar-refractivity contribution in [1.82, 2.24) is 35.1 Å². The van der Waals surface area contributed by atoms with Crippen molar-refractivity contribution in [3.05, 3.63) is 69.7 Å². The monoisotopic (exact) mass is 757 g/mol. The SMILES string of the molecule is COc1nc(-c2cccc(-c3cccc(-c4cnc(CN5CC6(CCC(=O)N6)C5)c(OC)n4)c3Br)c2Cl)cnc1CN1CC2(CCC(=O)C2)C1. The van der Waals surface area contributed by atoms with Gasteiger partial charge < -0.3 is 14.8 Å². The fourth-order valence-electron chi connectivity index (χ4n) is 8.11. The third-order valence-corrected chi connectivity index (χ3v) is 11.8. The number of ether oxygens (including phenoxy) is 2. The third-order valence-electron chi connectivity index (χ3n) is 10.5. The summed E-state index contributed by atoms with van der Waals surface area (Å²) in [7, 11) is 3.21. The molecule has 3 saturated heterocycles. The minimum absolute atomic E-state index is 0.0966. The Labute approximate surface area is 303 Å². The summed E-state index contributed by atoms with van der Waals surface area (Å²) in [6.07, 6.45) is 7.35. The number of halogens is 2. The van der Waals surface area contributed by atoms with Gasteiger partial charge in [-0.05, 0) is 34.3 Å². The van der Waals surface area contributed by atoms with E-state index in [1.807, 2.05) is 36.4 Å². The van der Waals surface area contributed by atoms with Crippen LogP contribution in [0.3, 0.4) is 0 Å². The molecule has 8 rings (SSSR count). The number of nitrogens with one attached hydrogen (secondary N) is 1. The molecule has 1 saturated carbocycles. The Hall–Kier alpha value is -3.97. The lowest BCUT2D eigenvalue weighted by Gasteiger charge is -2.47. The number of hydrogen-bond acceptors (Lipinski definition) is 10. The van der Waals surface area contributed by atoms with Gasteiger partial charge in [0.15, 0.2) is 0 Å². The molecule has 5 heterocycles. The second-order valence-electron chi connectivity index (χ2n) is 14.1. The molecule has 0 atom stereocenters. The lowest BCUT2D eigenvalue weighted by molar-refractivity contribution is -0.121. The second-order valence-corrected chi connectivity index (χ2v) is 15.3. The third kappa shape index (κ3) is 6.06. The Morgan fingerprint density at radius 2 is 1.38 bits per heavy atom.